The molecule has 0 bridgehead atoms. The number of nitrogens with zero attached hydrogens (tertiary/aromatic N) is 1. The number of alkyl halides is 1. The number of ether oxygens (including phenoxy) is 1. The Balaban J connectivity index is 1.82. The Morgan fingerprint density at radius 3 is 2.69 bits per heavy atom. The minimum atomic E-state index is 0.550. The van der Waals surface area contributed by atoms with Crippen LogP contribution in [0.3, 0.4) is 0 Å². The minimum Gasteiger partial charge on any atom is -0.374 e. The van der Waals surface area contributed by atoms with Crippen molar-refractivity contribution in [2.75, 3.05) is 17.5 Å². The third-order valence-corrected chi connectivity index (χ3v) is 4.87. The maximum Gasteiger partial charge on any atom is 0.0669 e. The van der Waals surface area contributed by atoms with Crippen LogP contribution in [0.4, 0.5) is 0 Å². The van der Waals surface area contributed by atoms with Gasteiger partial charge in [-0.1, -0.05) is 22.6 Å². The molecule has 0 aromatic rings. The van der Waals surface area contributed by atoms with E-state index in [4.69, 9.17) is 4.74 Å². The first-order chi connectivity index (χ1) is 6.29. The van der Waals surface area contributed by atoms with Gasteiger partial charge in [-0.25, -0.2) is 3.11 Å². The van der Waals surface area contributed by atoms with Crippen molar-refractivity contribution in [3.8, 4) is 0 Å². The Morgan fingerprint density at radius 2 is 2.15 bits per heavy atom. The lowest BCUT2D eigenvalue weighted by atomic mass is 9.99. The van der Waals surface area contributed by atoms with Crippen molar-refractivity contribution in [1.82, 2.24) is 3.11 Å². The average molecular weight is 407 g/mol. The largest absolute Gasteiger partial charge is 0.374 e. The number of hydrogen-bond acceptors (Lipinski definition) is 2. The highest BCUT2D eigenvalue weighted by molar-refractivity contribution is 14.1. The zero-order chi connectivity index (χ0) is 9.26. The van der Waals surface area contributed by atoms with Crippen molar-refractivity contribution in [1.29, 1.82) is 0 Å². The zero-order valence-corrected chi connectivity index (χ0v) is 11.9. The van der Waals surface area contributed by atoms with Crippen LogP contribution in [0.2, 0.25) is 0 Å². The first-order valence-corrected chi connectivity index (χ1v) is 7.41. The smallest absolute Gasteiger partial charge is 0.0669 e. The van der Waals surface area contributed by atoms with Crippen molar-refractivity contribution in [2.24, 2.45) is 5.92 Å². The van der Waals surface area contributed by atoms with Gasteiger partial charge in [0.2, 0.25) is 0 Å². The highest BCUT2D eigenvalue weighted by atomic mass is 127. The molecule has 0 aromatic heterocycles. The average Bonchev–Trinajstić information content (AvgIpc) is 2.71. The van der Waals surface area contributed by atoms with Crippen LogP contribution >= 0.6 is 45.5 Å². The maximum atomic E-state index is 6.01. The lowest BCUT2D eigenvalue weighted by Gasteiger charge is -2.18. The van der Waals surface area contributed by atoms with E-state index in [0.717, 1.165) is 10.3 Å². The van der Waals surface area contributed by atoms with Gasteiger partial charge < -0.3 is 4.74 Å². The molecule has 0 N–H and O–H groups in total. The fourth-order valence-electron chi connectivity index (χ4n) is 2.24. The van der Waals surface area contributed by atoms with Crippen molar-refractivity contribution in [3.05, 3.63) is 0 Å². The molecule has 76 valence electrons. The summed E-state index contributed by atoms with van der Waals surface area (Å²) in [6, 6.07) is 0. The summed E-state index contributed by atoms with van der Waals surface area (Å²) in [4.78, 5) is 0. The van der Waals surface area contributed by atoms with Gasteiger partial charge in [-0.2, -0.15) is 0 Å². The van der Waals surface area contributed by atoms with Gasteiger partial charge in [0.1, 0.15) is 0 Å². The molecule has 0 aromatic carbocycles. The Labute approximate surface area is 107 Å². The normalized spacial score (nSPS) is 41.5. The maximum absolute atomic E-state index is 6.01. The molecule has 4 heteroatoms. The van der Waals surface area contributed by atoms with Gasteiger partial charge in [0.05, 0.1) is 12.2 Å². The van der Waals surface area contributed by atoms with Gasteiger partial charge in [0, 0.05) is 40.4 Å². The van der Waals surface area contributed by atoms with E-state index in [1.165, 1.54) is 32.4 Å². The van der Waals surface area contributed by atoms with Gasteiger partial charge in [-0.3, -0.25) is 0 Å². The minimum absolute atomic E-state index is 0.550. The van der Waals surface area contributed by atoms with Gasteiger partial charge in [0.25, 0.3) is 0 Å². The summed E-state index contributed by atoms with van der Waals surface area (Å²) in [5.74, 6) is 0.810. The first-order valence-electron chi connectivity index (χ1n) is 4.91. The van der Waals surface area contributed by atoms with Gasteiger partial charge in [-0.05, 0) is 25.2 Å². The fourth-order valence-corrected chi connectivity index (χ4v) is 3.67. The van der Waals surface area contributed by atoms with E-state index in [0.29, 0.717) is 12.2 Å². The van der Waals surface area contributed by atoms with E-state index in [1.807, 2.05) is 0 Å². The van der Waals surface area contributed by atoms with Gasteiger partial charge in [-0.15, -0.1) is 0 Å². The van der Waals surface area contributed by atoms with E-state index >= 15 is 0 Å². The molecule has 2 nitrogen and oxygen atoms in total. The van der Waals surface area contributed by atoms with E-state index in [-0.39, 0.29) is 0 Å². The Morgan fingerprint density at radius 1 is 1.31 bits per heavy atom. The zero-order valence-electron chi connectivity index (χ0n) is 7.59. The van der Waals surface area contributed by atoms with Crippen molar-refractivity contribution in [2.45, 2.75) is 31.5 Å². The SMILES string of the molecule is ICC1CCC(C2CCN(I)C2)O1. The monoisotopic (exact) mass is 407 g/mol. The van der Waals surface area contributed by atoms with Crippen molar-refractivity contribution < 1.29 is 4.74 Å². The van der Waals surface area contributed by atoms with Gasteiger partial charge in [0.15, 0.2) is 0 Å². The molecule has 2 fully saturated rings. The Hall–Kier alpha value is 1.38. The van der Waals surface area contributed by atoms with E-state index in [1.54, 1.807) is 0 Å². The number of halogens is 2. The quantitative estimate of drug-likeness (QED) is 0.397. The van der Waals surface area contributed by atoms with Crippen molar-refractivity contribution in [3.63, 3.8) is 0 Å². The predicted molar refractivity (Wildman–Crippen MR) is 70.5 cm³/mol. The van der Waals surface area contributed by atoms with Crippen LogP contribution in [0.1, 0.15) is 19.3 Å². The molecule has 0 saturated carbocycles. The fraction of sp³-hybridized carbons (Fsp3) is 1.00. The van der Waals surface area contributed by atoms with Crippen LogP contribution in [0.25, 0.3) is 0 Å². The molecular weight excluding hydrogens is 392 g/mol. The molecule has 0 aliphatic carbocycles. The molecular formula is C9H15I2NO. The summed E-state index contributed by atoms with van der Waals surface area (Å²) in [7, 11) is 0. The second kappa shape index (κ2) is 4.94. The Kier molecular flexibility index (Phi) is 4.13. The van der Waals surface area contributed by atoms with E-state index in [2.05, 4.69) is 48.6 Å². The molecule has 0 amide bonds. The van der Waals surface area contributed by atoms with Crippen LogP contribution in [0, 0.1) is 5.92 Å². The summed E-state index contributed by atoms with van der Waals surface area (Å²) in [5.41, 5.74) is 0. The molecule has 2 aliphatic heterocycles. The van der Waals surface area contributed by atoms with Crippen LogP contribution in [-0.4, -0.2) is 32.8 Å². The predicted octanol–water partition coefficient (Wildman–Crippen LogP) is 2.64. The van der Waals surface area contributed by atoms with Crippen LogP contribution in [0.15, 0.2) is 0 Å². The standard InChI is InChI=1S/C9H15I2NO/c10-5-8-1-2-9(13-8)7-3-4-12(11)6-7/h7-9H,1-6H2. The number of rotatable bonds is 2. The molecule has 0 radical (unpaired) electrons. The van der Waals surface area contributed by atoms with Crippen LogP contribution < -0.4 is 0 Å². The number of hydrogen-bond donors (Lipinski definition) is 0. The van der Waals surface area contributed by atoms with Crippen LogP contribution in [0.5, 0.6) is 0 Å². The Bertz CT molecular complexity index is 179. The summed E-state index contributed by atoms with van der Waals surface area (Å²) in [6.07, 6.45) is 5.03. The molecule has 2 heterocycles. The first kappa shape index (κ1) is 10.9. The van der Waals surface area contributed by atoms with E-state index < -0.39 is 0 Å². The topological polar surface area (TPSA) is 12.5 Å². The summed E-state index contributed by atoms with van der Waals surface area (Å²) >= 11 is 4.85. The van der Waals surface area contributed by atoms with Gasteiger partial charge >= 0.3 is 0 Å². The summed E-state index contributed by atoms with van der Waals surface area (Å²) < 4.78 is 9.56. The molecule has 2 rings (SSSR count). The molecule has 3 atom stereocenters. The lowest BCUT2D eigenvalue weighted by molar-refractivity contribution is 0.0270. The summed E-state index contributed by atoms with van der Waals surface area (Å²) in [6.45, 7) is 2.49. The second-order valence-electron chi connectivity index (χ2n) is 3.95. The van der Waals surface area contributed by atoms with E-state index in [9.17, 15) is 0 Å². The molecule has 3 unspecified atom stereocenters. The summed E-state index contributed by atoms with van der Waals surface area (Å²) in [5, 5.41) is 0. The highest BCUT2D eigenvalue weighted by Crippen LogP contribution is 2.32. The van der Waals surface area contributed by atoms with Crippen LogP contribution in [-0.2, 0) is 4.74 Å². The molecule has 2 aliphatic rings. The molecule has 2 saturated heterocycles. The lowest BCUT2D eigenvalue weighted by Crippen LogP contribution is -2.23. The van der Waals surface area contributed by atoms with Crippen molar-refractivity contribution >= 4 is 45.5 Å². The molecule has 0 spiro atoms. The third kappa shape index (κ3) is 2.69. The molecule has 13 heavy (non-hydrogen) atoms. The highest BCUT2D eigenvalue weighted by Gasteiger charge is 2.34. The second-order valence-corrected chi connectivity index (χ2v) is 6.19. The third-order valence-electron chi connectivity index (χ3n) is 3.01.